The molecule has 3 heteroatoms. The van der Waals surface area contributed by atoms with Crippen LogP contribution < -0.4 is 10.6 Å². The summed E-state index contributed by atoms with van der Waals surface area (Å²) in [7, 11) is 1.88. The Morgan fingerprint density at radius 2 is 2.06 bits per heavy atom. The van der Waals surface area contributed by atoms with Crippen molar-refractivity contribution in [2.24, 2.45) is 17.8 Å². The molecule has 0 aromatic carbocycles. The van der Waals surface area contributed by atoms with Gasteiger partial charge in [0, 0.05) is 19.0 Å². The molecule has 3 atom stereocenters. The van der Waals surface area contributed by atoms with Gasteiger partial charge in [-0.25, -0.2) is 0 Å². The van der Waals surface area contributed by atoms with Crippen molar-refractivity contribution < 1.29 is 4.79 Å². The van der Waals surface area contributed by atoms with Crippen LogP contribution in [0.25, 0.3) is 0 Å². The maximum atomic E-state index is 11.7. The maximum absolute atomic E-state index is 11.7. The lowest BCUT2D eigenvalue weighted by atomic mass is 9.80. The topological polar surface area (TPSA) is 41.1 Å². The van der Waals surface area contributed by atoms with E-state index in [1.54, 1.807) is 0 Å². The third kappa shape index (κ3) is 4.12. The van der Waals surface area contributed by atoms with Crippen LogP contribution in [0.3, 0.4) is 0 Å². The van der Waals surface area contributed by atoms with Gasteiger partial charge in [-0.3, -0.25) is 4.79 Å². The number of carbonyl (C=O) groups excluding carboxylic acids is 1. The molecule has 0 aliphatic heterocycles. The average Bonchev–Trinajstić information content (AvgIpc) is 2.28. The molecule has 0 aromatic rings. The summed E-state index contributed by atoms with van der Waals surface area (Å²) in [5.74, 6) is 1.73. The van der Waals surface area contributed by atoms with Gasteiger partial charge in [-0.15, -0.1) is 0 Å². The summed E-state index contributed by atoms with van der Waals surface area (Å²) in [4.78, 5) is 11.7. The summed E-state index contributed by atoms with van der Waals surface area (Å²) < 4.78 is 0. The Morgan fingerprint density at radius 1 is 1.38 bits per heavy atom. The van der Waals surface area contributed by atoms with Crippen molar-refractivity contribution in [3.05, 3.63) is 0 Å². The Hall–Kier alpha value is -0.570. The summed E-state index contributed by atoms with van der Waals surface area (Å²) in [6.07, 6.45) is 5.30. The van der Waals surface area contributed by atoms with Crippen LogP contribution in [0.4, 0.5) is 0 Å². The highest BCUT2D eigenvalue weighted by atomic mass is 16.1. The maximum Gasteiger partial charge on any atom is 0.224 e. The van der Waals surface area contributed by atoms with E-state index in [4.69, 9.17) is 0 Å². The van der Waals surface area contributed by atoms with Crippen LogP contribution in [-0.4, -0.2) is 26.0 Å². The Bertz CT molecular complexity index is 218. The van der Waals surface area contributed by atoms with Gasteiger partial charge in [-0.2, -0.15) is 0 Å². The third-order valence-electron chi connectivity index (χ3n) is 3.79. The van der Waals surface area contributed by atoms with Crippen LogP contribution in [0.1, 0.15) is 39.5 Å². The smallest absolute Gasteiger partial charge is 0.224 e. The first-order valence-corrected chi connectivity index (χ1v) is 6.57. The second-order valence-electron chi connectivity index (χ2n) is 5.23. The standard InChI is InChI=1S/C13H26N2O/c1-10-6-4-5-7-12(10)9-15-13(16)11(2)8-14-3/h10-12,14H,4-9H2,1-3H3,(H,15,16). The van der Waals surface area contributed by atoms with E-state index >= 15 is 0 Å². The fraction of sp³-hybridized carbons (Fsp3) is 0.923. The van der Waals surface area contributed by atoms with Gasteiger partial charge in [-0.05, 0) is 25.3 Å². The van der Waals surface area contributed by atoms with E-state index in [2.05, 4.69) is 17.6 Å². The molecule has 94 valence electrons. The number of carbonyl (C=O) groups is 1. The molecule has 2 N–H and O–H groups in total. The summed E-state index contributed by atoms with van der Waals surface area (Å²) >= 11 is 0. The molecule has 0 spiro atoms. The molecule has 1 amide bonds. The number of hydrogen-bond donors (Lipinski definition) is 2. The number of amides is 1. The molecule has 1 aliphatic carbocycles. The van der Waals surface area contributed by atoms with Gasteiger partial charge in [0.1, 0.15) is 0 Å². The first-order chi connectivity index (χ1) is 7.65. The molecule has 1 aliphatic rings. The summed E-state index contributed by atoms with van der Waals surface area (Å²) in [6.45, 7) is 5.91. The Balaban J connectivity index is 2.24. The molecule has 0 aromatic heterocycles. The molecule has 0 saturated heterocycles. The first kappa shape index (κ1) is 13.5. The summed E-state index contributed by atoms with van der Waals surface area (Å²) in [5.41, 5.74) is 0. The normalized spacial score (nSPS) is 27.4. The van der Waals surface area contributed by atoms with Gasteiger partial charge in [-0.1, -0.05) is 33.1 Å². The van der Waals surface area contributed by atoms with Gasteiger partial charge < -0.3 is 10.6 Å². The molecule has 3 nitrogen and oxygen atoms in total. The SMILES string of the molecule is CNCC(C)C(=O)NCC1CCCCC1C. The largest absolute Gasteiger partial charge is 0.356 e. The second kappa shape index (κ2) is 6.89. The van der Waals surface area contributed by atoms with Crippen molar-refractivity contribution in [1.29, 1.82) is 0 Å². The van der Waals surface area contributed by atoms with E-state index in [-0.39, 0.29) is 11.8 Å². The van der Waals surface area contributed by atoms with Crippen LogP contribution in [0, 0.1) is 17.8 Å². The Morgan fingerprint density at radius 3 is 2.69 bits per heavy atom. The highest BCUT2D eigenvalue weighted by Gasteiger charge is 2.22. The van der Waals surface area contributed by atoms with Gasteiger partial charge >= 0.3 is 0 Å². The molecule has 3 unspecified atom stereocenters. The van der Waals surface area contributed by atoms with Crippen molar-refractivity contribution in [3.63, 3.8) is 0 Å². The minimum absolute atomic E-state index is 0.0731. The minimum atomic E-state index is 0.0731. The van der Waals surface area contributed by atoms with Crippen LogP contribution in [0.2, 0.25) is 0 Å². The number of hydrogen-bond acceptors (Lipinski definition) is 2. The Kier molecular flexibility index (Phi) is 5.81. The average molecular weight is 226 g/mol. The highest BCUT2D eigenvalue weighted by molar-refractivity contribution is 5.78. The molecule has 1 saturated carbocycles. The van der Waals surface area contributed by atoms with E-state index in [1.165, 1.54) is 25.7 Å². The predicted octanol–water partition coefficient (Wildman–Crippen LogP) is 1.78. The Labute approximate surface area is 99.4 Å². The summed E-state index contributed by atoms with van der Waals surface area (Å²) in [6, 6.07) is 0. The quantitative estimate of drug-likeness (QED) is 0.750. The van der Waals surface area contributed by atoms with Crippen LogP contribution in [-0.2, 0) is 4.79 Å². The number of nitrogens with one attached hydrogen (secondary N) is 2. The van der Waals surface area contributed by atoms with Gasteiger partial charge in [0.05, 0.1) is 0 Å². The fourth-order valence-electron chi connectivity index (χ4n) is 2.50. The van der Waals surface area contributed by atoms with Crippen LogP contribution in [0.15, 0.2) is 0 Å². The zero-order valence-electron chi connectivity index (χ0n) is 10.9. The van der Waals surface area contributed by atoms with Crippen molar-refractivity contribution in [1.82, 2.24) is 10.6 Å². The molecule has 16 heavy (non-hydrogen) atoms. The van der Waals surface area contributed by atoms with Gasteiger partial charge in [0.15, 0.2) is 0 Å². The molecule has 0 heterocycles. The zero-order chi connectivity index (χ0) is 12.0. The molecule has 0 bridgehead atoms. The zero-order valence-corrected chi connectivity index (χ0v) is 10.9. The van der Waals surface area contributed by atoms with Crippen LogP contribution >= 0.6 is 0 Å². The molecule has 1 fully saturated rings. The lowest BCUT2D eigenvalue weighted by Gasteiger charge is -2.29. The lowest BCUT2D eigenvalue weighted by molar-refractivity contribution is -0.124. The molecule has 0 radical (unpaired) electrons. The minimum Gasteiger partial charge on any atom is -0.356 e. The van der Waals surface area contributed by atoms with E-state index in [0.717, 1.165) is 19.0 Å². The lowest BCUT2D eigenvalue weighted by Crippen LogP contribution is -2.38. The number of rotatable bonds is 5. The molecule has 1 rings (SSSR count). The summed E-state index contributed by atoms with van der Waals surface area (Å²) in [5, 5.41) is 6.12. The highest BCUT2D eigenvalue weighted by Crippen LogP contribution is 2.28. The van der Waals surface area contributed by atoms with E-state index in [0.29, 0.717) is 5.92 Å². The van der Waals surface area contributed by atoms with Gasteiger partial charge in [0.2, 0.25) is 5.91 Å². The first-order valence-electron chi connectivity index (χ1n) is 6.57. The molecular formula is C13H26N2O. The van der Waals surface area contributed by atoms with Crippen LogP contribution in [0.5, 0.6) is 0 Å². The van der Waals surface area contributed by atoms with Crippen molar-refractivity contribution in [2.75, 3.05) is 20.1 Å². The van der Waals surface area contributed by atoms with Gasteiger partial charge in [0.25, 0.3) is 0 Å². The second-order valence-corrected chi connectivity index (χ2v) is 5.23. The van der Waals surface area contributed by atoms with E-state index < -0.39 is 0 Å². The van der Waals surface area contributed by atoms with Crippen molar-refractivity contribution in [2.45, 2.75) is 39.5 Å². The molecular weight excluding hydrogens is 200 g/mol. The fourth-order valence-corrected chi connectivity index (χ4v) is 2.50. The van der Waals surface area contributed by atoms with Crippen molar-refractivity contribution >= 4 is 5.91 Å². The van der Waals surface area contributed by atoms with E-state index in [9.17, 15) is 4.79 Å². The monoisotopic (exact) mass is 226 g/mol. The van der Waals surface area contributed by atoms with Crippen molar-refractivity contribution in [3.8, 4) is 0 Å². The third-order valence-corrected chi connectivity index (χ3v) is 3.79. The predicted molar refractivity (Wildman–Crippen MR) is 67.2 cm³/mol. The van der Waals surface area contributed by atoms with E-state index in [1.807, 2.05) is 14.0 Å².